The van der Waals surface area contributed by atoms with E-state index in [2.05, 4.69) is 0 Å². The maximum absolute atomic E-state index is 17.4. The van der Waals surface area contributed by atoms with Crippen molar-refractivity contribution in [1.82, 2.24) is 0 Å². The van der Waals surface area contributed by atoms with Crippen molar-refractivity contribution < 1.29 is 29.0 Å². The maximum Gasteiger partial charge on any atom is 0.193 e. The summed E-state index contributed by atoms with van der Waals surface area (Å²) in [5, 5.41) is 24.0. The van der Waals surface area contributed by atoms with Gasteiger partial charge in [-0.2, -0.15) is 0 Å². The fraction of sp³-hybridized carbons (Fsp3) is 0.571. The van der Waals surface area contributed by atoms with Gasteiger partial charge in [0, 0.05) is 22.7 Å². The molecule has 1 heterocycles. The number of anilines is 1. The summed E-state index contributed by atoms with van der Waals surface area (Å²) in [4.78, 5) is 32.1. The van der Waals surface area contributed by atoms with E-state index in [0.717, 1.165) is 0 Å². The number of ketones is 2. The van der Waals surface area contributed by atoms with Crippen molar-refractivity contribution >= 4 is 40.5 Å². The largest absolute Gasteiger partial charge is 0.390 e. The van der Waals surface area contributed by atoms with Crippen molar-refractivity contribution in [2.24, 2.45) is 28.6 Å². The van der Waals surface area contributed by atoms with Crippen LogP contribution in [0.15, 0.2) is 42.0 Å². The molecule has 6 rings (SSSR count). The minimum absolute atomic E-state index is 0.00717. The first-order chi connectivity index (χ1) is 17.4. The highest BCUT2D eigenvalue weighted by Gasteiger charge is 2.78. The van der Waals surface area contributed by atoms with Gasteiger partial charge in [-0.25, -0.2) is 4.39 Å². The SMILES string of the molecule is C[C@]12C=CC(=O)C=C1CC[C@H]1[C@@H]3C[C@H]4CN(c5ccc(Cl)c(Cl)c5)O[C@@]4(C(=O)CO)[C@@]3(C)C[C@H](O)[C@@]12F. The van der Waals surface area contributed by atoms with Crippen molar-refractivity contribution in [1.29, 1.82) is 0 Å². The Morgan fingerprint density at radius 1 is 1.24 bits per heavy atom. The minimum Gasteiger partial charge on any atom is -0.390 e. The molecule has 0 aromatic heterocycles. The summed E-state index contributed by atoms with van der Waals surface area (Å²) in [6.45, 7) is 3.31. The number of Topliss-reactive ketones (excluding diaryl/α,β-unsaturated/α-hetero) is 1. The van der Waals surface area contributed by atoms with E-state index < -0.39 is 46.5 Å². The predicted molar refractivity (Wildman–Crippen MR) is 137 cm³/mol. The number of alkyl halides is 1. The number of benzene rings is 1. The zero-order chi connectivity index (χ0) is 26.5. The lowest BCUT2D eigenvalue weighted by Crippen LogP contribution is -2.69. The van der Waals surface area contributed by atoms with Crippen molar-refractivity contribution in [3.05, 3.63) is 52.0 Å². The van der Waals surface area contributed by atoms with Crippen molar-refractivity contribution in [3.8, 4) is 0 Å². The van der Waals surface area contributed by atoms with Crippen LogP contribution in [0.2, 0.25) is 10.0 Å². The highest BCUT2D eigenvalue weighted by Crippen LogP contribution is 2.72. The van der Waals surface area contributed by atoms with E-state index in [1.54, 1.807) is 36.3 Å². The van der Waals surface area contributed by atoms with Gasteiger partial charge < -0.3 is 10.2 Å². The van der Waals surface area contributed by atoms with Crippen molar-refractivity contribution in [2.75, 3.05) is 18.2 Å². The Morgan fingerprint density at radius 3 is 2.70 bits per heavy atom. The number of rotatable bonds is 3. The fourth-order valence-electron chi connectivity index (χ4n) is 8.67. The molecule has 0 spiro atoms. The molecule has 0 amide bonds. The van der Waals surface area contributed by atoms with Crippen LogP contribution in [-0.2, 0) is 14.4 Å². The zero-order valence-electron chi connectivity index (χ0n) is 20.7. The van der Waals surface area contributed by atoms with Crippen LogP contribution in [0, 0.1) is 28.6 Å². The van der Waals surface area contributed by atoms with Crippen LogP contribution >= 0.6 is 23.2 Å². The number of hydrogen-bond acceptors (Lipinski definition) is 6. The summed E-state index contributed by atoms with van der Waals surface area (Å²) in [6.07, 6.45) is 4.65. The molecule has 3 saturated carbocycles. The van der Waals surface area contributed by atoms with E-state index in [1.165, 1.54) is 12.2 Å². The zero-order valence-corrected chi connectivity index (χ0v) is 22.2. The van der Waals surface area contributed by atoms with Crippen LogP contribution in [-0.4, -0.2) is 52.3 Å². The van der Waals surface area contributed by atoms with E-state index in [4.69, 9.17) is 28.0 Å². The number of aliphatic hydroxyl groups excluding tert-OH is 2. The smallest absolute Gasteiger partial charge is 0.193 e. The number of nitrogens with zero attached hydrogens (tertiary/aromatic N) is 1. The van der Waals surface area contributed by atoms with Gasteiger partial charge in [-0.15, -0.1) is 0 Å². The molecule has 37 heavy (non-hydrogen) atoms. The van der Waals surface area contributed by atoms with Gasteiger partial charge in [-0.1, -0.05) is 41.8 Å². The molecule has 4 aliphatic carbocycles. The molecule has 8 atom stereocenters. The lowest BCUT2D eigenvalue weighted by molar-refractivity contribution is -0.223. The quantitative estimate of drug-likeness (QED) is 0.571. The van der Waals surface area contributed by atoms with Gasteiger partial charge in [0.15, 0.2) is 22.8 Å². The number of aliphatic hydroxyl groups is 2. The molecule has 0 unspecified atom stereocenters. The third-order valence-electron chi connectivity index (χ3n) is 10.4. The van der Waals surface area contributed by atoms with Gasteiger partial charge in [-0.05, 0) is 68.9 Å². The second kappa shape index (κ2) is 8.12. The van der Waals surface area contributed by atoms with Gasteiger partial charge in [0.2, 0.25) is 0 Å². The van der Waals surface area contributed by atoms with Gasteiger partial charge in [-0.3, -0.25) is 19.5 Å². The lowest BCUT2D eigenvalue weighted by atomic mass is 9.44. The number of fused-ring (bicyclic) bond motifs is 7. The average molecular weight is 550 g/mol. The predicted octanol–water partition coefficient (Wildman–Crippen LogP) is 4.64. The van der Waals surface area contributed by atoms with Crippen molar-refractivity contribution in [2.45, 2.75) is 56.9 Å². The highest BCUT2D eigenvalue weighted by atomic mass is 35.5. The van der Waals surface area contributed by atoms with Gasteiger partial charge in [0.1, 0.15) is 6.61 Å². The molecule has 1 aromatic carbocycles. The Kier molecular flexibility index (Phi) is 5.60. The Morgan fingerprint density at radius 2 is 2.00 bits per heavy atom. The van der Waals surface area contributed by atoms with Crippen LogP contribution < -0.4 is 5.06 Å². The van der Waals surface area contributed by atoms with E-state index in [0.29, 0.717) is 47.1 Å². The average Bonchev–Trinajstić information content (AvgIpc) is 3.35. The van der Waals surface area contributed by atoms with Crippen LogP contribution in [0.1, 0.15) is 39.5 Å². The summed E-state index contributed by atoms with van der Waals surface area (Å²) >= 11 is 12.3. The van der Waals surface area contributed by atoms with Gasteiger partial charge in [0.05, 0.1) is 28.4 Å². The molecule has 6 nitrogen and oxygen atoms in total. The molecule has 0 bridgehead atoms. The number of hydrogen-bond donors (Lipinski definition) is 2. The van der Waals surface area contributed by atoms with Gasteiger partial charge in [0.25, 0.3) is 0 Å². The van der Waals surface area contributed by atoms with E-state index in [-0.39, 0.29) is 24.0 Å². The number of hydroxylamine groups is 1. The molecule has 0 radical (unpaired) electrons. The van der Waals surface area contributed by atoms with Crippen molar-refractivity contribution in [3.63, 3.8) is 0 Å². The molecule has 5 aliphatic rings. The van der Waals surface area contributed by atoms with Crippen LogP contribution in [0.4, 0.5) is 10.1 Å². The molecular formula is C28H30Cl2FNO5. The lowest BCUT2D eigenvalue weighted by Gasteiger charge is -2.62. The summed E-state index contributed by atoms with van der Waals surface area (Å²) < 4.78 is 17.4. The number of halogens is 3. The molecule has 1 aliphatic heterocycles. The summed E-state index contributed by atoms with van der Waals surface area (Å²) in [5.74, 6) is -1.75. The number of allylic oxidation sites excluding steroid dienone is 4. The third-order valence-corrected chi connectivity index (χ3v) is 11.1. The Balaban J connectivity index is 1.42. The molecule has 198 valence electrons. The Bertz CT molecular complexity index is 1270. The molecule has 4 fully saturated rings. The number of carbonyl (C=O) groups excluding carboxylic acids is 2. The molecular weight excluding hydrogens is 520 g/mol. The first-order valence-electron chi connectivity index (χ1n) is 12.8. The van der Waals surface area contributed by atoms with E-state index in [1.807, 2.05) is 6.92 Å². The van der Waals surface area contributed by atoms with Crippen LogP contribution in [0.3, 0.4) is 0 Å². The van der Waals surface area contributed by atoms with E-state index in [9.17, 15) is 19.8 Å². The topological polar surface area (TPSA) is 87.1 Å². The van der Waals surface area contributed by atoms with Gasteiger partial charge >= 0.3 is 0 Å². The Labute approximate surface area is 225 Å². The summed E-state index contributed by atoms with van der Waals surface area (Å²) in [7, 11) is 0. The summed E-state index contributed by atoms with van der Waals surface area (Å²) in [5.41, 5.74) is -4.11. The normalized spacial score (nSPS) is 44.1. The molecule has 2 N–H and O–H groups in total. The summed E-state index contributed by atoms with van der Waals surface area (Å²) in [6, 6.07) is 5.07. The standard InChI is InChI=1S/C28H30Cl2FNO5/c1-25-8-7-18(34)9-15(25)3-5-19-20-10-16-13-32(17-4-6-21(29)22(30)11-17)37-28(16,24(36)14-33)26(20,2)12-23(35)27(19,25)31/h4,6-9,11,16,19-20,23,33,35H,3,5,10,12-14H2,1-2H3/t16-,19-,20-,23-,25-,26-,27-,28-/m0/s1. The highest BCUT2D eigenvalue weighted by molar-refractivity contribution is 6.42. The van der Waals surface area contributed by atoms with E-state index >= 15 is 4.39 Å². The first kappa shape index (κ1) is 25.5. The third kappa shape index (κ3) is 3.04. The fourth-order valence-corrected chi connectivity index (χ4v) is 8.96. The molecule has 1 aromatic rings. The molecule has 9 heteroatoms. The van der Waals surface area contributed by atoms with Crippen LogP contribution in [0.25, 0.3) is 0 Å². The first-order valence-corrected chi connectivity index (χ1v) is 13.5. The monoisotopic (exact) mass is 549 g/mol. The maximum atomic E-state index is 17.4. The Hall–Kier alpha value is -1.77. The second-order valence-corrected chi connectivity index (χ2v) is 12.6. The number of carbonyl (C=O) groups is 2. The second-order valence-electron chi connectivity index (χ2n) is 11.8. The minimum atomic E-state index is -2.00. The molecule has 1 saturated heterocycles. The van der Waals surface area contributed by atoms with Crippen LogP contribution in [0.5, 0.6) is 0 Å².